The molecule has 1 aromatic rings. The van der Waals surface area contributed by atoms with Crippen LogP contribution in [0.1, 0.15) is 12.8 Å². The predicted octanol–water partition coefficient (Wildman–Crippen LogP) is 1.53. The molecule has 1 atom stereocenters. The second-order valence-corrected chi connectivity index (χ2v) is 4.57. The number of carboxylic acids is 1. The fourth-order valence-electron chi connectivity index (χ4n) is 2.20. The molecule has 1 N–H and O–H groups in total. The number of hydrogen-bond donors (Lipinski definition) is 1. The molecule has 0 aromatic heterocycles. The van der Waals surface area contributed by atoms with Gasteiger partial charge in [-0.15, -0.1) is 0 Å². The van der Waals surface area contributed by atoms with E-state index in [1.54, 1.807) is 24.3 Å². The molecule has 1 amide bonds. The van der Waals surface area contributed by atoms with Crippen LogP contribution in [-0.4, -0.2) is 36.7 Å². The summed E-state index contributed by atoms with van der Waals surface area (Å²) in [5.74, 6) is -1.43. The molecule has 0 bridgehead atoms. The number of rotatable bonds is 4. The van der Waals surface area contributed by atoms with Gasteiger partial charge in [0.05, 0.1) is 12.5 Å². The van der Waals surface area contributed by atoms with E-state index in [2.05, 4.69) is 0 Å². The highest BCUT2D eigenvalue weighted by molar-refractivity contribution is 5.98. The van der Waals surface area contributed by atoms with E-state index in [-0.39, 0.29) is 18.4 Å². The number of aliphatic carboxylic acids is 1. The lowest BCUT2D eigenvalue weighted by Crippen LogP contribution is -2.42. The Bertz CT molecular complexity index is 440. The van der Waals surface area contributed by atoms with Gasteiger partial charge in [-0.3, -0.25) is 9.59 Å². The summed E-state index contributed by atoms with van der Waals surface area (Å²) in [6.45, 7) is 0.731. The van der Waals surface area contributed by atoms with Crippen molar-refractivity contribution in [2.45, 2.75) is 12.8 Å². The van der Waals surface area contributed by atoms with Gasteiger partial charge < -0.3 is 14.7 Å². The third-order valence-electron chi connectivity index (χ3n) is 3.14. The van der Waals surface area contributed by atoms with Crippen LogP contribution in [-0.2, 0) is 14.3 Å². The Morgan fingerprint density at radius 2 is 2.05 bits per heavy atom. The van der Waals surface area contributed by atoms with Crippen molar-refractivity contribution < 1.29 is 19.4 Å². The van der Waals surface area contributed by atoms with Crippen molar-refractivity contribution in [3.8, 4) is 0 Å². The fourth-order valence-corrected chi connectivity index (χ4v) is 2.20. The Morgan fingerprint density at radius 3 is 2.63 bits per heavy atom. The molecule has 0 radical (unpaired) electrons. The molecule has 5 heteroatoms. The topological polar surface area (TPSA) is 66.8 Å². The van der Waals surface area contributed by atoms with E-state index in [0.717, 1.165) is 12.8 Å². The van der Waals surface area contributed by atoms with Crippen LogP contribution in [0.15, 0.2) is 30.3 Å². The monoisotopic (exact) mass is 263 g/mol. The van der Waals surface area contributed by atoms with Crippen LogP contribution in [0.4, 0.5) is 5.69 Å². The number of anilines is 1. The van der Waals surface area contributed by atoms with E-state index in [1.807, 2.05) is 6.07 Å². The Labute approximate surface area is 111 Å². The lowest BCUT2D eigenvalue weighted by Gasteiger charge is -2.28. The number of carboxylic acid groups (broad SMARTS) is 1. The number of carbonyl (C=O) groups is 2. The number of carbonyl (C=O) groups excluding carboxylic acids is 1. The minimum atomic E-state index is -1.02. The molecule has 0 spiro atoms. The van der Waals surface area contributed by atoms with Crippen LogP contribution in [0.5, 0.6) is 0 Å². The number of hydrogen-bond acceptors (Lipinski definition) is 3. The van der Waals surface area contributed by atoms with Crippen LogP contribution in [0, 0.1) is 5.92 Å². The number of para-hydroxylation sites is 1. The predicted molar refractivity (Wildman–Crippen MR) is 70.0 cm³/mol. The summed E-state index contributed by atoms with van der Waals surface area (Å²) in [5.41, 5.74) is 0.612. The molecule has 5 nitrogen and oxygen atoms in total. The van der Waals surface area contributed by atoms with Gasteiger partial charge in [-0.2, -0.15) is 0 Å². The molecular weight excluding hydrogens is 246 g/mol. The molecule has 19 heavy (non-hydrogen) atoms. The Morgan fingerprint density at radius 1 is 1.32 bits per heavy atom. The van der Waals surface area contributed by atoms with Crippen LogP contribution in [0.25, 0.3) is 0 Å². The van der Waals surface area contributed by atoms with Crippen LogP contribution < -0.4 is 4.90 Å². The van der Waals surface area contributed by atoms with Crippen molar-refractivity contribution in [3.63, 3.8) is 0 Å². The highest BCUT2D eigenvalue weighted by Gasteiger charge is 2.28. The second kappa shape index (κ2) is 6.33. The maximum atomic E-state index is 12.4. The minimum absolute atomic E-state index is 0.173. The van der Waals surface area contributed by atoms with Crippen molar-refractivity contribution in [3.05, 3.63) is 30.3 Å². The zero-order chi connectivity index (χ0) is 13.7. The summed E-state index contributed by atoms with van der Waals surface area (Å²) in [6, 6.07) is 8.88. The first-order chi connectivity index (χ1) is 9.18. The fraction of sp³-hybridized carbons (Fsp3) is 0.429. The van der Waals surface area contributed by atoms with E-state index >= 15 is 0 Å². The van der Waals surface area contributed by atoms with Gasteiger partial charge in [-0.1, -0.05) is 18.2 Å². The lowest BCUT2D eigenvalue weighted by atomic mass is 10.0. The molecule has 1 aromatic carbocycles. The van der Waals surface area contributed by atoms with Crippen molar-refractivity contribution in [1.82, 2.24) is 0 Å². The summed E-state index contributed by atoms with van der Waals surface area (Å²) < 4.78 is 5.30. The summed E-state index contributed by atoms with van der Waals surface area (Å²) in [4.78, 5) is 24.7. The maximum Gasteiger partial charge on any atom is 0.323 e. The molecule has 1 aliphatic heterocycles. The second-order valence-electron chi connectivity index (χ2n) is 4.57. The van der Waals surface area contributed by atoms with Crippen LogP contribution in [0.2, 0.25) is 0 Å². The lowest BCUT2D eigenvalue weighted by molar-refractivity contribution is -0.137. The van der Waals surface area contributed by atoms with Crippen molar-refractivity contribution in [2.24, 2.45) is 5.92 Å². The third-order valence-corrected chi connectivity index (χ3v) is 3.14. The summed E-state index contributed by atoms with van der Waals surface area (Å²) in [7, 11) is 0. The molecule has 102 valence electrons. The van der Waals surface area contributed by atoms with Gasteiger partial charge in [0.15, 0.2) is 0 Å². The zero-order valence-electron chi connectivity index (χ0n) is 10.6. The van der Waals surface area contributed by atoms with E-state index in [0.29, 0.717) is 18.9 Å². The zero-order valence-corrected chi connectivity index (χ0v) is 10.6. The standard InChI is InChI=1S/C14H17NO4/c16-13(17)9-15(12-6-2-1-3-7-12)14(18)11-5-4-8-19-10-11/h1-3,6-7,11H,4-5,8-10H2,(H,16,17). The Hall–Kier alpha value is -1.88. The molecule has 1 heterocycles. The summed E-state index contributed by atoms with van der Waals surface area (Å²) >= 11 is 0. The Kier molecular flexibility index (Phi) is 4.52. The first kappa shape index (κ1) is 13.5. The third kappa shape index (κ3) is 3.54. The highest BCUT2D eigenvalue weighted by atomic mass is 16.5. The highest BCUT2D eigenvalue weighted by Crippen LogP contribution is 2.21. The normalized spacial score (nSPS) is 18.8. The molecule has 1 unspecified atom stereocenters. The van der Waals surface area contributed by atoms with Crippen LogP contribution >= 0.6 is 0 Å². The minimum Gasteiger partial charge on any atom is -0.480 e. The van der Waals surface area contributed by atoms with Gasteiger partial charge in [-0.05, 0) is 25.0 Å². The number of amides is 1. The summed E-state index contributed by atoms with van der Waals surface area (Å²) in [6.07, 6.45) is 1.59. The first-order valence-corrected chi connectivity index (χ1v) is 6.34. The molecule has 1 aliphatic rings. The van der Waals surface area contributed by atoms with Gasteiger partial charge in [0, 0.05) is 12.3 Å². The number of ether oxygens (including phenoxy) is 1. The first-order valence-electron chi connectivity index (χ1n) is 6.34. The van der Waals surface area contributed by atoms with Gasteiger partial charge in [0.1, 0.15) is 6.54 Å². The largest absolute Gasteiger partial charge is 0.480 e. The smallest absolute Gasteiger partial charge is 0.323 e. The van der Waals surface area contributed by atoms with Gasteiger partial charge >= 0.3 is 5.97 Å². The molecule has 0 aliphatic carbocycles. The van der Waals surface area contributed by atoms with Gasteiger partial charge in [0.2, 0.25) is 5.91 Å². The van der Waals surface area contributed by atoms with Crippen LogP contribution in [0.3, 0.4) is 0 Å². The maximum absolute atomic E-state index is 12.4. The average Bonchev–Trinajstić information content (AvgIpc) is 2.46. The average molecular weight is 263 g/mol. The quantitative estimate of drug-likeness (QED) is 0.894. The van der Waals surface area contributed by atoms with E-state index in [4.69, 9.17) is 9.84 Å². The Balaban J connectivity index is 2.17. The van der Waals surface area contributed by atoms with Crippen molar-refractivity contribution in [2.75, 3.05) is 24.7 Å². The molecular formula is C14H17NO4. The van der Waals surface area contributed by atoms with Gasteiger partial charge in [0.25, 0.3) is 0 Å². The SMILES string of the molecule is O=C(O)CN(C(=O)C1CCCOC1)c1ccccc1. The van der Waals surface area contributed by atoms with E-state index in [1.165, 1.54) is 4.90 Å². The summed E-state index contributed by atoms with van der Waals surface area (Å²) in [5, 5.41) is 8.97. The van der Waals surface area contributed by atoms with Crippen molar-refractivity contribution in [1.29, 1.82) is 0 Å². The molecule has 2 rings (SSSR count). The van der Waals surface area contributed by atoms with Gasteiger partial charge in [-0.25, -0.2) is 0 Å². The number of benzene rings is 1. The van der Waals surface area contributed by atoms with Crippen molar-refractivity contribution >= 4 is 17.6 Å². The van der Waals surface area contributed by atoms with E-state index in [9.17, 15) is 9.59 Å². The molecule has 1 saturated heterocycles. The van der Waals surface area contributed by atoms with E-state index < -0.39 is 5.97 Å². The number of nitrogens with zero attached hydrogens (tertiary/aromatic N) is 1. The molecule has 1 fully saturated rings. The molecule has 0 saturated carbocycles.